The molecule has 0 spiro atoms. The summed E-state index contributed by atoms with van der Waals surface area (Å²) in [6, 6.07) is 4.43. The van der Waals surface area contributed by atoms with Crippen molar-refractivity contribution in [1.82, 2.24) is 5.32 Å². The van der Waals surface area contributed by atoms with Gasteiger partial charge in [-0.15, -0.1) is 0 Å². The number of hydrogen-bond donors (Lipinski definition) is 2. The number of carbonyl (C=O) groups excluding carboxylic acids is 1. The average molecular weight is 326 g/mol. The van der Waals surface area contributed by atoms with E-state index < -0.39 is 12.0 Å². The van der Waals surface area contributed by atoms with Crippen LogP contribution in [0.15, 0.2) is 22.7 Å². The van der Waals surface area contributed by atoms with Crippen molar-refractivity contribution in [1.29, 1.82) is 0 Å². The van der Waals surface area contributed by atoms with Crippen molar-refractivity contribution in [2.75, 3.05) is 0 Å². The van der Waals surface area contributed by atoms with Gasteiger partial charge in [-0.3, -0.25) is 4.79 Å². The molecule has 1 aliphatic carbocycles. The summed E-state index contributed by atoms with van der Waals surface area (Å²) in [6.07, 6.45) is 2.66. The molecule has 1 aromatic carbocycles. The summed E-state index contributed by atoms with van der Waals surface area (Å²) >= 11 is 3.37. The maximum absolute atomic E-state index is 12.0. The first kappa shape index (κ1) is 14.1. The molecule has 102 valence electrons. The third kappa shape index (κ3) is 3.80. The second-order valence-corrected chi connectivity index (χ2v) is 5.86. The lowest BCUT2D eigenvalue weighted by molar-refractivity contribution is -0.139. The fraction of sp³-hybridized carbons (Fsp3) is 0.429. The van der Waals surface area contributed by atoms with Gasteiger partial charge < -0.3 is 10.4 Å². The number of benzene rings is 1. The minimum atomic E-state index is -0.964. The van der Waals surface area contributed by atoms with Gasteiger partial charge in [-0.2, -0.15) is 0 Å². The molecule has 0 aliphatic heterocycles. The predicted octanol–water partition coefficient (Wildman–Crippen LogP) is 2.74. The number of aliphatic carboxylic acids is 1. The smallest absolute Gasteiger partial charge is 0.326 e. The Hall–Kier alpha value is -1.36. The van der Waals surface area contributed by atoms with Crippen molar-refractivity contribution in [3.63, 3.8) is 0 Å². The highest BCUT2D eigenvalue weighted by Crippen LogP contribution is 2.33. The highest BCUT2D eigenvalue weighted by molar-refractivity contribution is 9.10. The molecule has 1 saturated carbocycles. The Bertz CT molecular complexity index is 511. The van der Waals surface area contributed by atoms with Crippen molar-refractivity contribution in [2.45, 2.75) is 32.2 Å². The number of aryl methyl sites for hydroxylation is 1. The van der Waals surface area contributed by atoms with Crippen LogP contribution in [0.25, 0.3) is 0 Å². The number of amides is 1. The molecule has 1 unspecified atom stereocenters. The number of carboxylic acid groups (broad SMARTS) is 1. The normalized spacial score (nSPS) is 15.9. The number of carbonyl (C=O) groups is 2. The first-order valence-corrected chi connectivity index (χ1v) is 7.06. The minimum absolute atomic E-state index is 0.330. The van der Waals surface area contributed by atoms with Gasteiger partial charge in [-0.1, -0.05) is 28.8 Å². The van der Waals surface area contributed by atoms with Crippen molar-refractivity contribution in [3.8, 4) is 0 Å². The zero-order valence-corrected chi connectivity index (χ0v) is 12.2. The first-order chi connectivity index (χ1) is 8.97. The summed E-state index contributed by atoms with van der Waals surface area (Å²) in [5.74, 6) is -0.842. The van der Waals surface area contributed by atoms with Gasteiger partial charge in [0.2, 0.25) is 0 Å². The van der Waals surface area contributed by atoms with Crippen LogP contribution in [-0.2, 0) is 4.79 Å². The largest absolute Gasteiger partial charge is 0.480 e. The standard InChI is InChI=1S/C14H16BrNO3/c1-8-6-10(4-5-11(8)15)13(17)16-12(14(18)19)7-9-2-3-9/h4-6,9,12H,2-3,7H2,1H3,(H,16,17)(H,18,19). The second kappa shape index (κ2) is 5.74. The molecule has 4 nitrogen and oxygen atoms in total. The molecule has 5 heteroatoms. The van der Waals surface area contributed by atoms with Crippen LogP contribution >= 0.6 is 15.9 Å². The highest BCUT2D eigenvalue weighted by atomic mass is 79.9. The van der Waals surface area contributed by atoms with E-state index in [0.717, 1.165) is 22.9 Å². The lowest BCUT2D eigenvalue weighted by Gasteiger charge is -2.14. The minimum Gasteiger partial charge on any atom is -0.480 e. The van der Waals surface area contributed by atoms with E-state index in [1.54, 1.807) is 18.2 Å². The van der Waals surface area contributed by atoms with E-state index in [2.05, 4.69) is 21.2 Å². The van der Waals surface area contributed by atoms with Gasteiger partial charge in [0.15, 0.2) is 0 Å². The van der Waals surface area contributed by atoms with E-state index in [9.17, 15) is 9.59 Å². The quantitative estimate of drug-likeness (QED) is 0.874. The summed E-state index contributed by atoms with van der Waals surface area (Å²) in [4.78, 5) is 23.2. The van der Waals surface area contributed by atoms with Gasteiger partial charge in [0.05, 0.1) is 0 Å². The van der Waals surface area contributed by atoms with E-state index in [1.807, 2.05) is 6.92 Å². The molecule has 0 heterocycles. The van der Waals surface area contributed by atoms with Gasteiger partial charge in [0.25, 0.3) is 5.91 Å². The summed E-state index contributed by atoms with van der Waals surface area (Å²) in [6.45, 7) is 1.89. The van der Waals surface area contributed by atoms with E-state index in [-0.39, 0.29) is 5.91 Å². The molecule has 1 amide bonds. The molecule has 1 aromatic rings. The molecule has 0 saturated heterocycles. The fourth-order valence-corrected chi connectivity index (χ4v) is 2.18. The van der Waals surface area contributed by atoms with Crippen LogP contribution in [0.4, 0.5) is 0 Å². The lowest BCUT2D eigenvalue weighted by Crippen LogP contribution is -2.41. The third-order valence-electron chi connectivity index (χ3n) is 3.29. The Labute approximate surface area is 120 Å². The van der Waals surface area contributed by atoms with E-state index >= 15 is 0 Å². The van der Waals surface area contributed by atoms with Gasteiger partial charge >= 0.3 is 5.97 Å². The van der Waals surface area contributed by atoms with Crippen LogP contribution in [-0.4, -0.2) is 23.0 Å². The maximum Gasteiger partial charge on any atom is 0.326 e. The molecule has 1 fully saturated rings. The molecule has 19 heavy (non-hydrogen) atoms. The first-order valence-electron chi connectivity index (χ1n) is 6.27. The Kier molecular flexibility index (Phi) is 4.24. The Morgan fingerprint density at radius 2 is 2.16 bits per heavy atom. The second-order valence-electron chi connectivity index (χ2n) is 5.01. The number of hydrogen-bond acceptors (Lipinski definition) is 2. The van der Waals surface area contributed by atoms with Crippen LogP contribution in [0.1, 0.15) is 35.2 Å². The summed E-state index contributed by atoms with van der Waals surface area (Å²) in [5.41, 5.74) is 1.43. The molecular weight excluding hydrogens is 310 g/mol. The zero-order valence-electron chi connectivity index (χ0n) is 10.6. The Morgan fingerprint density at radius 1 is 1.47 bits per heavy atom. The van der Waals surface area contributed by atoms with Crippen LogP contribution in [0.2, 0.25) is 0 Å². The Morgan fingerprint density at radius 3 is 2.68 bits per heavy atom. The van der Waals surface area contributed by atoms with Crippen LogP contribution < -0.4 is 5.32 Å². The zero-order chi connectivity index (χ0) is 14.0. The maximum atomic E-state index is 12.0. The third-order valence-corrected chi connectivity index (χ3v) is 4.18. The molecular formula is C14H16BrNO3. The van der Waals surface area contributed by atoms with Crippen molar-refractivity contribution >= 4 is 27.8 Å². The van der Waals surface area contributed by atoms with Gasteiger partial charge in [0, 0.05) is 10.0 Å². The molecule has 1 aliphatic rings. The molecule has 0 radical (unpaired) electrons. The number of rotatable bonds is 5. The van der Waals surface area contributed by atoms with Crippen molar-refractivity contribution in [3.05, 3.63) is 33.8 Å². The van der Waals surface area contributed by atoms with E-state index in [1.165, 1.54) is 0 Å². The van der Waals surface area contributed by atoms with Gasteiger partial charge in [-0.25, -0.2) is 4.79 Å². The van der Waals surface area contributed by atoms with Gasteiger partial charge in [-0.05, 0) is 43.0 Å². The SMILES string of the molecule is Cc1cc(C(=O)NC(CC2CC2)C(=O)O)ccc1Br. The van der Waals surface area contributed by atoms with Gasteiger partial charge in [0.1, 0.15) is 6.04 Å². The van der Waals surface area contributed by atoms with Crippen LogP contribution in [0.3, 0.4) is 0 Å². The molecule has 2 rings (SSSR count). The molecule has 0 aromatic heterocycles. The van der Waals surface area contributed by atoms with Crippen molar-refractivity contribution < 1.29 is 14.7 Å². The van der Waals surface area contributed by atoms with E-state index in [4.69, 9.17) is 5.11 Å². The predicted molar refractivity (Wildman–Crippen MR) is 75.1 cm³/mol. The lowest BCUT2D eigenvalue weighted by atomic mass is 10.1. The van der Waals surface area contributed by atoms with E-state index in [0.29, 0.717) is 17.9 Å². The van der Waals surface area contributed by atoms with Crippen molar-refractivity contribution in [2.24, 2.45) is 5.92 Å². The summed E-state index contributed by atoms with van der Waals surface area (Å²) in [7, 11) is 0. The summed E-state index contributed by atoms with van der Waals surface area (Å²) in [5, 5.41) is 11.7. The fourth-order valence-electron chi connectivity index (χ4n) is 1.94. The average Bonchev–Trinajstić information content (AvgIpc) is 3.15. The number of nitrogens with one attached hydrogen (secondary N) is 1. The van der Waals surface area contributed by atoms with Crippen LogP contribution in [0, 0.1) is 12.8 Å². The molecule has 1 atom stereocenters. The monoisotopic (exact) mass is 325 g/mol. The topological polar surface area (TPSA) is 66.4 Å². The number of carboxylic acids is 1. The Balaban J connectivity index is 2.05. The molecule has 2 N–H and O–H groups in total. The summed E-state index contributed by atoms with van der Waals surface area (Å²) < 4.78 is 0.928. The molecule has 0 bridgehead atoms. The number of halogens is 1. The van der Waals surface area contributed by atoms with Crippen LogP contribution in [0.5, 0.6) is 0 Å². The highest BCUT2D eigenvalue weighted by Gasteiger charge is 2.30.